The molecule has 0 aliphatic heterocycles. The van der Waals surface area contributed by atoms with Crippen molar-refractivity contribution < 1.29 is 9.53 Å². The third kappa shape index (κ3) is 9.76. The van der Waals surface area contributed by atoms with Gasteiger partial charge in [0, 0.05) is 23.4 Å². The van der Waals surface area contributed by atoms with Crippen LogP contribution < -0.4 is 0 Å². The summed E-state index contributed by atoms with van der Waals surface area (Å²) in [7, 11) is 0. The molecule has 0 aromatic rings. The first-order chi connectivity index (χ1) is 16.1. The van der Waals surface area contributed by atoms with E-state index in [1.54, 1.807) is 0 Å². The van der Waals surface area contributed by atoms with Crippen LogP contribution in [0.15, 0.2) is 47.1 Å². The van der Waals surface area contributed by atoms with Crippen molar-refractivity contribution in [1.82, 2.24) is 0 Å². The maximum absolute atomic E-state index is 13.0. The summed E-state index contributed by atoms with van der Waals surface area (Å²) in [5, 5.41) is 0. The molecule has 2 aliphatic rings. The number of ether oxygens (including phenoxy) is 1. The van der Waals surface area contributed by atoms with Crippen LogP contribution in [0.3, 0.4) is 0 Å². The largest absolute Gasteiger partial charge is 0.378 e. The van der Waals surface area contributed by atoms with Gasteiger partial charge in [0.2, 0.25) is 0 Å². The van der Waals surface area contributed by atoms with E-state index in [1.165, 1.54) is 36.0 Å². The van der Waals surface area contributed by atoms with Gasteiger partial charge < -0.3 is 4.74 Å². The van der Waals surface area contributed by atoms with Crippen molar-refractivity contribution >= 4 is 28.4 Å². The maximum Gasteiger partial charge on any atom is 0.140 e. The standard InChI is InChI=1S/C31H49IO2/c1-7-34-27(17-15-25-12-9-8-10-13-25)23-31(6,20-21-32)19-11-14-29(33)26-16-18-28(24(2)22-26)30(3,4)5/h9,12-13,16,18,26-27H,7-8,10-11,14-15,17,19-23H2,1-6H3. The molecule has 0 saturated heterocycles. The lowest BCUT2D eigenvalue weighted by Crippen LogP contribution is -2.27. The average molecular weight is 581 g/mol. The van der Waals surface area contributed by atoms with Crippen LogP contribution in [0.5, 0.6) is 0 Å². The molecule has 0 saturated carbocycles. The Balaban J connectivity index is 1.89. The SMILES string of the molecule is CCOC(CCC1=CCCC=C1)CC(C)(CCI)CCCC(=O)C1C=CC(C(C)(C)C)=C(C)C1. The van der Waals surface area contributed by atoms with Crippen molar-refractivity contribution in [2.24, 2.45) is 16.7 Å². The van der Waals surface area contributed by atoms with E-state index in [9.17, 15) is 4.79 Å². The Kier molecular flexibility index (Phi) is 12.3. The van der Waals surface area contributed by atoms with Crippen LogP contribution >= 0.6 is 22.6 Å². The molecule has 2 nitrogen and oxygen atoms in total. The molecule has 0 spiro atoms. The monoisotopic (exact) mass is 580 g/mol. The van der Waals surface area contributed by atoms with Gasteiger partial charge in [-0.2, -0.15) is 0 Å². The highest BCUT2D eigenvalue weighted by Gasteiger charge is 2.29. The van der Waals surface area contributed by atoms with Crippen LogP contribution in [0, 0.1) is 16.7 Å². The molecule has 0 amide bonds. The number of alkyl halides is 1. The van der Waals surface area contributed by atoms with Crippen molar-refractivity contribution in [3.8, 4) is 0 Å². The highest BCUT2D eigenvalue weighted by atomic mass is 127. The van der Waals surface area contributed by atoms with Crippen molar-refractivity contribution in [2.75, 3.05) is 11.0 Å². The summed E-state index contributed by atoms with van der Waals surface area (Å²) < 4.78 is 7.36. The molecule has 0 aromatic heterocycles. The molecular formula is C31H49IO2. The third-order valence-electron chi connectivity index (χ3n) is 7.55. The van der Waals surface area contributed by atoms with Crippen molar-refractivity contribution in [1.29, 1.82) is 0 Å². The minimum absolute atomic E-state index is 0.0647. The van der Waals surface area contributed by atoms with Gasteiger partial charge in [0.05, 0.1) is 6.10 Å². The van der Waals surface area contributed by atoms with Crippen LogP contribution in [0.4, 0.5) is 0 Å². The minimum Gasteiger partial charge on any atom is -0.378 e. The fourth-order valence-electron chi connectivity index (χ4n) is 5.62. The fourth-order valence-corrected chi connectivity index (χ4v) is 6.92. The Labute approximate surface area is 223 Å². The predicted octanol–water partition coefficient (Wildman–Crippen LogP) is 9.35. The van der Waals surface area contributed by atoms with Crippen LogP contribution in [0.1, 0.15) is 106 Å². The van der Waals surface area contributed by atoms with E-state index in [2.05, 4.69) is 94.5 Å². The molecule has 3 atom stereocenters. The number of allylic oxidation sites excluding steroid dienone is 8. The first-order valence-corrected chi connectivity index (χ1v) is 15.0. The zero-order chi connectivity index (χ0) is 25.2. The number of Topliss-reactive ketones (excluding diaryl/α,β-unsaturated/α-hetero) is 1. The van der Waals surface area contributed by atoms with Gasteiger partial charge in [-0.25, -0.2) is 0 Å². The summed E-state index contributed by atoms with van der Waals surface area (Å²) in [6.45, 7) is 14.3. The maximum atomic E-state index is 13.0. The Morgan fingerprint density at radius 3 is 2.53 bits per heavy atom. The Hall–Kier alpha value is -0.680. The molecular weight excluding hydrogens is 531 g/mol. The van der Waals surface area contributed by atoms with Gasteiger partial charge in [-0.05, 0) is 88.0 Å². The molecule has 0 N–H and O–H groups in total. The molecule has 0 radical (unpaired) electrons. The van der Waals surface area contributed by atoms with Crippen LogP contribution in [0.25, 0.3) is 0 Å². The molecule has 0 heterocycles. The Bertz CT molecular complexity index is 780. The zero-order valence-corrected chi connectivity index (χ0v) is 24.9. The van der Waals surface area contributed by atoms with Crippen LogP contribution in [-0.4, -0.2) is 22.9 Å². The first-order valence-electron chi connectivity index (χ1n) is 13.5. The van der Waals surface area contributed by atoms with Crippen LogP contribution in [0.2, 0.25) is 0 Å². The molecule has 192 valence electrons. The van der Waals surface area contributed by atoms with E-state index in [1.807, 2.05) is 0 Å². The number of hydrogen-bond donors (Lipinski definition) is 0. The second-order valence-electron chi connectivity index (χ2n) is 11.8. The predicted molar refractivity (Wildman–Crippen MR) is 156 cm³/mol. The molecule has 3 heteroatoms. The van der Waals surface area contributed by atoms with Crippen molar-refractivity contribution in [3.63, 3.8) is 0 Å². The van der Waals surface area contributed by atoms with Crippen molar-refractivity contribution in [2.45, 2.75) is 112 Å². The topological polar surface area (TPSA) is 26.3 Å². The van der Waals surface area contributed by atoms with Gasteiger partial charge in [0.25, 0.3) is 0 Å². The number of ketones is 1. The summed E-state index contributed by atoms with van der Waals surface area (Å²) in [6, 6.07) is 0. The molecule has 34 heavy (non-hydrogen) atoms. The zero-order valence-electron chi connectivity index (χ0n) is 22.7. The number of carbonyl (C=O) groups excluding carboxylic acids is 1. The van der Waals surface area contributed by atoms with Crippen LogP contribution in [-0.2, 0) is 9.53 Å². The molecule has 0 bridgehead atoms. The normalized spacial score (nSPS) is 21.4. The molecule has 3 unspecified atom stereocenters. The van der Waals surface area contributed by atoms with Crippen molar-refractivity contribution in [3.05, 3.63) is 47.1 Å². The summed E-state index contributed by atoms with van der Waals surface area (Å²) in [5.41, 5.74) is 4.63. The van der Waals surface area contributed by atoms with Gasteiger partial charge in [0.15, 0.2) is 0 Å². The van der Waals surface area contributed by atoms with E-state index in [0.29, 0.717) is 18.3 Å². The lowest BCUT2D eigenvalue weighted by molar-refractivity contribution is -0.121. The summed E-state index contributed by atoms with van der Waals surface area (Å²) in [4.78, 5) is 13.0. The first kappa shape index (κ1) is 29.5. The van der Waals surface area contributed by atoms with E-state index in [0.717, 1.165) is 49.6 Å². The van der Waals surface area contributed by atoms with E-state index < -0.39 is 0 Å². The van der Waals surface area contributed by atoms with E-state index >= 15 is 0 Å². The van der Waals surface area contributed by atoms with Gasteiger partial charge in [0.1, 0.15) is 5.78 Å². The molecule has 0 fully saturated rings. The summed E-state index contributed by atoms with van der Waals surface area (Å²) in [6.07, 6.45) is 22.2. The second kappa shape index (κ2) is 14.2. The molecule has 2 aliphatic carbocycles. The summed E-state index contributed by atoms with van der Waals surface area (Å²) in [5.74, 6) is 0.479. The lowest BCUT2D eigenvalue weighted by Gasteiger charge is -2.33. The molecule has 0 aromatic carbocycles. The van der Waals surface area contributed by atoms with Gasteiger partial charge >= 0.3 is 0 Å². The Morgan fingerprint density at radius 2 is 1.94 bits per heavy atom. The van der Waals surface area contributed by atoms with Gasteiger partial charge in [-0.3, -0.25) is 4.79 Å². The average Bonchev–Trinajstić information content (AvgIpc) is 2.77. The lowest BCUT2D eigenvalue weighted by atomic mass is 9.75. The van der Waals surface area contributed by atoms with E-state index in [-0.39, 0.29) is 16.7 Å². The number of carbonyl (C=O) groups is 1. The highest BCUT2D eigenvalue weighted by Crippen LogP contribution is 2.38. The number of halogens is 1. The third-order valence-corrected chi connectivity index (χ3v) is 8.09. The summed E-state index contributed by atoms with van der Waals surface area (Å²) >= 11 is 2.51. The van der Waals surface area contributed by atoms with Gasteiger partial charge in [-0.1, -0.05) is 91.8 Å². The molecule has 2 rings (SSSR count). The second-order valence-corrected chi connectivity index (χ2v) is 12.8. The van der Waals surface area contributed by atoms with Gasteiger partial charge in [-0.15, -0.1) is 0 Å². The minimum atomic E-state index is 0.0647. The Morgan fingerprint density at radius 1 is 1.18 bits per heavy atom. The number of hydrogen-bond acceptors (Lipinski definition) is 2. The van der Waals surface area contributed by atoms with E-state index in [4.69, 9.17) is 4.74 Å². The highest BCUT2D eigenvalue weighted by molar-refractivity contribution is 14.1. The fraction of sp³-hybridized carbons (Fsp3) is 0.710. The number of rotatable bonds is 14. The smallest absolute Gasteiger partial charge is 0.140 e. The quantitative estimate of drug-likeness (QED) is 0.151.